The van der Waals surface area contributed by atoms with Crippen molar-refractivity contribution in [3.8, 4) is 17.2 Å². The summed E-state index contributed by atoms with van der Waals surface area (Å²) in [7, 11) is 0. The molecule has 1 unspecified atom stereocenters. The van der Waals surface area contributed by atoms with Crippen LogP contribution in [0.3, 0.4) is 0 Å². The van der Waals surface area contributed by atoms with E-state index in [4.69, 9.17) is 14.2 Å². The summed E-state index contributed by atoms with van der Waals surface area (Å²) in [6.07, 6.45) is 4.08. The number of nitriles is 1. The Morgan fingerprint density at radius 3 is 2.50 bits per heavy atom. The summed E-state index contributed by atoms with van der Waals surface area (Å²) in [5.41, 5.74) is 3.63. The highest BCUT2D eigenvalue weighted by molar-refractivity contribution is 5.73. The third kappa shape index (κ3) is 5.20. The van der Waals surface area contributed by atoms with E-state index in [0.29, 0.717) is 38.6 Å². The molecular formula is C27H31NO4. The van der Waals surface area contributed by atoms with Gasteiger partial charge in [0.2, 0.25) is 0 Å². The van der Waals surface area contributed by atoms with Gasteiger partial charge in [-0.1, -0.05) is 48.5 Å². The molecule has 0 N–H and O–H groups in total. The van der Waals surface area contributed by atoms with Crippen LogP contribution in [-0.4, -0.2) is 32.1 Å². The highest BCUT2D eigenvalue weighted by Crippen LogP contribution is 2.44. The highest BCUT2D eigenvalue weighted by Gasteiger charge is 2.37. The standard InChI is InChI=1S/C27H31NO4/c1-2-30-25(29)18-27(19-28,15-14-26-31-16-5-17-32-26)22-12-10-21(11-13-22)24-7-4-3-6-23(24)20-8-9-20/h3-4,6-7,10-13,20,26H,2,5,8-9,14-18H2,1H3. The van der Waals surface area contributed by atoms with Crippen molar-refractivity contribution in [1.82, 2.24) is 0 Å². The number of hydrogen-bond acceptors (Lipinski definition) is 5. The number of hydrogen-bond donors (Lipinski definition) is 0. The predicted octanol–water partition coefficient (Wildman–Crippen LogP) is 5.49. The first-order chi connectivity index (χ1) is 15.6. The Labute approximate surface area is 190 Å². The van der Waals surface area contributed by atoms with Gasteiger partial charge in [-0.15, -0.1) is 0 Å². The quantitative estimate of drug-likeness (QED) is 0.489. The summed E-state index contributed by atoms with van der Waals surface area (Å²) >= 11 is 0. The van der Waals surface area contributed by atoms with Crippen molar-refractivity contribution in [3.63, 3.8) is 0 Å². The van der Waals surface area contributed by atoms with Crippen molar-refractivity contribution in [2.45, 2.75) is 63.1 Å². The minimum Gasteiger partial charge on any atom is -0.466 e. The van der Waals surface area contributed by atoms with Crippen LogP contribution < -0.4 is 0 Å². The molecule has 5 nitrogen and oxygen atoms in total. The lowest BCUT2D eigenvalue weighted by Crippen LogP contribution is -2.32. The molecule has 2 aliphatic rings. The van der Waals surface area contributed by atoms with Gasteiger partial charge in [-0.05, 0) is 60.8 Å². The van der Waals surface area contributed by atoms with Gasteiger partial charge in [-0.2, -0.15) is 5.26 Å². The molecule has 2 aromatic carbocycles. The van der Waals surface area contributed by atoms with Gasteiger partial charge in [-0.3, -0.25) is 4.79 Å². The van der Waals surface area contributed by atoms with Gasteiger partial charge in [0, 0.05) is 6.42 Å². The number of esters is 1. The molecule has 1 saturated carbocycles. The molecule has 0 amide bonds. The van der Waals surface area contributed by atoms with Gasteiger partial charge in [0.1, 0.15) is 0 Å². The Kier molecular flexibility index (Phi) is 7.24. The Bertz CT molecular complexity index is 954. The number of carbonyl (C=O) groups is 1. The summed E-state index contributed by atoms with van der Waals surface area (Å²) in [4.78, 5) is 12.4. The van der Waals surface area contributed by atoms with Crippen molar-refractivity contribution in [1.29, 1.82) is 5.26 Å². The largest absolute Gasteiger partial charge is 0.466 e. The molecule has 0 aromatic heterocycles. The summed E-state index contributed by atoms with van der Waals surface area (Å²) in [5.74, 6) is 0.297. The maximum absolute atomic E-state index is 12.4. The fourth-order valence-corrected chi connectivity index (χ4v) is 4.50. The van der Waals surface area contributed by atoms with Gasteiger partial charge in [0.05, 0.1) is 37.7 Å². The minimum absolute atomic E-state index is 0.0159. The molecule has 0 bridgehead atoms. The van der Waals surface area contributed by atoms with Crippen molar-refractivity contribution < 1.29 is 19.0 Å². The Morgan fingerprint density at radius 1 is 1.12 bits per heavy atom. The SMILES string of the molecule is CCOC(=O)CC(C#N)(CCC1OCCCO1)c1ccc(-c2ccccc2C2CC2)cc1. The van der Waals surface area contributed by atoms with Crippen molar-refractivity contribution in [3.05, 3.63) is 59.7 Å². The maximum Gasteiger partial charge on any atom is 0.307 e. The molecule has 0 radical (unpaired) electrons. The lowest BCUT2D eigenvalue weighted by atomic mass is 9.74. The van der Waals surface area contributed by atoms with E-state index >= 15 is 0 Å². The van der Waals surface area contributed by atoms with E-state index < -0.39 is 5.41 Å². The number of ether oxygens (including phenoxy) is 3. The molecule has 0 spiro atoms. The van der Waals surface area contributed by atoms with E-state index in [1.54, 1.807) is 6.92 Å². The smallest absolute Gasteiger partial charge is 0.307 e. The second-order valence-electron chi connectivity index (χ2n) is 8.68. The van der Waals surface area contributed by atoms with Crippen molar-refractivity contribution >= 4 is 5.97 Å². The number of rotatable bonds is 9. The van der Waals surface area contributed by atoms with Crippen LogP contribution in [0.25, 0.3) is 11.1 Å². The van der Waals surface area contributed by atoms with E-state index in [2.05, 4.69) is 42.5 Å². The second-order valence-corrected chi connectivity index (χ2v) is 8.68. The number of nitrogens with zero attached hydrogens (tertiary/aromatic N) is 1. The van der Waals surface area contributed by atoms with Crippen molar-refractivity contribution in [2.75, 3.05) is 19.8 Å². The second kappa shape index (κ2) is 10.3. The average molecular weight is 434 g/mol. The van der Waals surface area contributed by atoms with E-state index in [9.17, 15) is 10.1 Å². The molecule has 2 aromatic rings. The van der Waals surface area contributed by atoms with Crippen LogP contribution in [0.4, 0.5) is 0 Å². The van der Waals surface area contributed by atoms with Crippen LogP contribution in [0.15, 0.2) is 48.5 Å². The zero-order valence-corrected chi connectivity index (χ0v) is 18.7. The van der Waals surface area contributed by atoms with Gasteiger partial charge in [-0.25, -0.2) is 0 Å². The molecular weight excluding hydrogens is 402 g/mol. The van der Waals surface area contributed by atoms with Crippen LogP contribution in [-0.2, 0) is 24.4 Å². The molecule has 1 aliphatic heterocycles. The third-order valence-electron chi connectivity index (χ3n) is 6.39. The van der Waals surface area contributed by atoms with Crippen LogP contribution in [0.5, 0.6) is 0 Å². The number of carbonyl (C=O) groups excluding carboxylic acids is 1. The van der Waals surface area contributed by atoms with Crippen LogP contribution >= 0.6 is 0 Å². The highest BCUT2D eigenvalue weighted by atomic mass is 16.7. The Balaban J connectivity index is 1.59. The molecule has 5 heteroatoms. The molecule has 1 aliphatic carbocycles. The lowest BCUT2D eigenvalue weighted by Gasteiger charge is -2.30. The predicted molar refractivity (Wildman–Crippen MR) is 122 cm³/mol. The normalized spacial score (nSPS) is 18.5. The van der Waals surface area contributed by atoms with E-state index in [1.807, 2.05) is 12.1 Å². The fraction of sp³-hybridized carbons (Fsp3) is 0.481. The summed E-state index contributed by atoms with van der Waals surface area (Å²) < 4.78 is 16.6. The topological polar surface area (TPSA) is 68.6 Å². The summed E-state index contributed by atoms with van der Waals surface area (Å²) in [6.45, 7) is 3.40. The molecule has 1 heterocycles. The van der Waals surface area contributed by atoms with Gasteiger partial charge in [0.15, 0.2) is 6.29 Å². The van der Waals surface area contributed by atoms with Crippen molar-refractivity contribution in [2.24, 2.45) is 0 Å². The van der Waals surface area contributed by atoms with Crippen LogP contribution in [0.2, 0.25) is 0 Å². The fourth-order valence-electron chi connectivity index (χ4n) is 4.50. The van der Waals surface area contributed by atoms with E-state index in [-0.39, 0.29) is 18.7 Å². The van der Waals surface area contributed by atoms with E-state index in [1.165, 1.54) is 24.0 Å². The van der Waals surface area contributed by atoms with Gasteiger partial charge < -0.3 is 14.2 Å². The van der Waals surface area contributed by atoms with E-state index in [0.717, 1.165) is 17.5 Å². The average Bonchev–Trinajstić information content (AvgIpc) is 3.68. The molecule has 2 fully saturated rings. The van der Waals surface area contributed by atoms with Gasteiger partial charge in [0.25, 0.3) is 0 Å². The minimum atomic E-state index is -0.981. The third-order valence-corrected chi connectivity index (χ3v) is 6.39. The molecule has 32 heavy (non-hydrogen) atoms. The Morgan fingerprint density at radius 2 is 1.84 bits per heavy atom. The number of benzene rings is 2. The molecule has 4 rings (SSSR count). The monoisotopic (exact) mass is 433 g/mol. The lowest BCUT2D eigenvalue weighted by molar-refractivity contribution is -0.183. The summed E-state index contributed by atoms with van der Waals surface area (Å²) in [5, 5.41) is 10.2. The summed E-state index contributed by atoms with van der Waals surface area (Å²) in [6, 6.07) is 19.1. The zero-order chi connectivity index (χ0) is 22.4. The molecule has 1 atom stereocenters. The first-order valence-corrected chi connectivity index (χ1v) is 11.6. The maximum atomic E-state index is 12.4. The van der Waals surface area contributed by atoms with Crippen LogP contribution in [0.1, 0.15) is 62.5 Å². The first kappa shape index (κ1) is 22.5. The first-order valence-electron chi connectivity index (χ1n) is 11.6. The zero-order valence-electron chi connectivity index (χ0n) is 18.7. The molecule has 168 valence electrons. The van der Waals surface area contributed by atoms with Gasteiger partial charge >= 0.3 is 5.97 Å². The Hall–Kier alpha value is -2.68. The van der Waals surface area contributed by atoms with Crippen LogP contribution in [0, 0.1) is 11.3 Å². The molecule has 1 saturated heterocycles.